The molecule has 9 rings (SSSR count). The lowest BCUT2D eigenvalue weighted by Gasteiger charge is -2.39. The van der Waals surface area contributed by atoms with Gasteiger partial charge in [0.1, 0.15) is 29.4 Å². The van der Waals surface area contributed by atoms with E-state index in [2.05, 4.69) is 30.7 Å². The van der Waals surface area contributed by atoms with Crippen LogP contribution in [0.4, 0.5) is 11.5 Å². The number of carbonyl (C=O) groups excluding carboxylic acids is 6. The number of H-pyrrole nitrogens is 1. The van der Waals surface area contributed by atoms with Gasteiger partial charge >= 0.3 is 0 Å². The van der Waals surface area contributed by atoms with E-state index in [0.717, 1.165) is 32.9 Å². The van der Waals surface area contributed by atoms with Gasteiger partial charge in [-0.25, -0.2) is 4.98 Å². The third kappa shape index (κ3) is 8.81. The van der Waals surface area contributed by atoms with Crippen LogP contribution >= 0.6 is 23.2 Å². The first-order chi connectivity index (χ1) is 31.4. The van der Waals surface area contributed by atoms with Gasteiger partial charge in [-0.3, -0.25) is 49.1 Å². The van der Waals surface area contributed by atoms with Crippen molar-refractivity contribution in [2.45, 2.75) is 57.6 Å². The number of fused-ring (bicyclic) bond motifs is 2. The Kier molecular flexibility index (Phi) is 12.4. The maximum Gasteiger partial charge on any atom is 0.264 e. The van der Waals surface area contributed by atoms with Gasteiger partial charge in [0.2, 0.25) is 23.6 Å². The lowest BCUT2D eigenvalue weighted by atomic mass is 9.94. The molecule has 17 nitrogen and oxygen atoms in total. The van der Waals surface area contributed by atoms with Crippen molar-refractivity contribution < 1.29 is 33.5 Å². The van der Waals surface area contributed by atoms with E-state index in [-0.39, 0.29) is 48.1 Å². The summed E-state index contributed by atoms with van der Waals surface area (Å²) in [6.45, 7) is 5.72. The number of anilines is 2. The monoisotopic (exact) mass is 920 g/mol. The number of piperidine rings is 2. The number of hydrogen-bond donors (Lipinski definition) is 3. The number of imide groups is 2. The van der Waals surface area contributed by atoms with E-state index in [9.17, 15) is 28.8 Å². The number of piperazine rings is 1. The largest absolute Gasteiger partial charge is 0.486 e. The van der Waals surface area contributed by atoms with E-state index >= 15 is 0 Å². The van der Waals surface area contributed by atoms with Crippen LogP contribution in [-0.2, 0) is 19.2 Å². The third-order valence-electron chi connectivity index (χ3n) is 12.6. The number of carbonyl (C=O) groups is 6. The van der Waals surface area contributed by atoms with Crippen molar-refractivity contribution in [3.05, 3.63) is 93.9 Å². The Labute approximate surface area is 383 Å². The lowest BCUT2D eigenvalue weighted by molar-refractivity contribution is -0.141. The number of aromatic nitrogens is 4. The summed E-state index contributed by atoms with van der Waals surface area (Å²) in [4.78, 5) is 93.1. The Morgan fingerprint density at radius 1 is 0.892 bits per heavy atom. The van der Waals surface area contributed by atoms with Gasteiger partial charge in [0.15, 0.2) is 0 Å². The summed E-state index contributed by atoms with van der Waals surface area (Å²) in [6.07, 6.45) is 6.56. The molecule has 0 saturated carbocycles. The minimum absolute atomic E-state index is 0.000697. The number of rotatable bonds is 12. The molecule has 336 valence electrons. The molecule has 3 aromatic heterocycles. The van der Waals surface area contributed by atoms with Crippen LogP contribution < -0.4 is 20.3 Å². The van der Waals surface area contributed by atoms with Crippen LogP contribution in [0.1, 0.15) is 77.8 Å². The minimum Gasteiger partial charge on any atom is -0.486 e. The van der Waals surface area contributed by atoms with Gasteiger partial charge in [-0.1, -0.05) is 29.3 Å². The Balaban J connectivity index is 0.717. The van der Waals surface area contributed by atoms with Crippen molar-refractivity contribution in [1.82, 2.24) is 40.2 Å². The fourth-order valence-corrected chi connectivity index (χ4v) is 9.82. The second kappa shape index (κ2) is 18.5. The molecular formula is C46H46Cl2N10O7. The molecule has 4 aliphatic heterocycles. The molecule has 3 N–H and O–H groups in total. The third-order valence-corrected chi connectivity index (χ3v) is 13.2. The maximum atomic E-state index is 13.6. The number of halogens is 2. The van der Waals surface area contributed by atoms with Crippen LogP contribution in [0, 0.1) is 5.92 Å². The van der Waals surface area contributed by atoms with Crippen LogP contribution in [-0.4, -0.2) is 122 Å². The number of pyridine rings is 2. The average molecular weight is 922 g/mol. The van der Waals surface area contributed by atoms with E-state index in [4.69, 9.17) is 32.9 Å². The first kappa shape index (κ1) is 43.7. The molecule has 3 fully saturated rings. The molecule has 5 aromatic rings. The SMILES string of the molecule is C[C@@H](Oc1ccc2[nH]nc(-c3ccc(N4CCN(C(=O)C5CCN(C(=O)CCCNc6cccc7c6C(=O)N(C6CCC(=O)NC6=O)C7=O)CC5)CC4)nc3)c2c1)c1c(Cl)cncc1Cl. The van der Waals surface area contributed by atoms with Gasteiger partial charge < -0.3 is 24.8 Å². The zero-order valence-electron chi connectivity index (χ0n) is 35.5. The zero-order valence-corrected chi connectivity index (χ0v) is 37.0. The summed E-state index contributed by atoms with van der Waals surface area (Å²) in [5, 5.41) is 14.8. The van der Waals surface area contributed by atoms with Crippen LogP contribution in [0.5, 0.6) is 5.75 Å². The van der Waals surface area contributed by atoms with Gasteiger partial charge in [0.05, 0.1) is 26.7 Å². The van der Waals surface area contributed by atoms with E-state index in [1.54, 1.807) is 36.8 Å². The van der Waals surface area contributed by atoms with E-state index in [0.29, 0.717) is 92.1 Å². The standard InChI is InChI=1S/C46H46Cl2N10O7/c1-26(40-32(47)24-49-25-33(40)48)65-29-8-9-34-31(22-29)42(54-53-34)28-7-11-37(51-23-28)55-18-20-57(21-19-55)44(62)27-13-16-56(17-14-27)39(60)6-3-15-50-35-5-2-4-30-41(35)46(64)58(45(30)63)36-10-12-38(59)52-43(36)61/h2,4-5,7-9,11,22-27,36,50H,3,6,10,12-21H2,1H3,(H,53,54)(H,52,59,61)/t26-,36?/m1/s1. The number of amides is 6. The molecule has 7 heterocycles. The second-order valence-corrected chi connectivity index (χ2v) is 17.4. The van der Waals surface area contributed by atoms with Crippen LogP contribution in [0.25, 0.3) is 22.2 Å². The van der Waals surface area contributed by atoms with Crippen LogP contribution in [0.2, 0.25) is 10.0 Å². The van der Waals surface area contributed by atoms with E-state index < -0.39 is 35.8 Å². The number of hydrogen-bond acceptors (Lipinski definition) is 12. The maximum absolute atomic E-state index is 13.6. The van der Waals surface area contributed by atoms with Gasteiger partial charge in [-0.05, 0) is 75.1 Å². The van der Waals surface area contributed by atoms with E-state index in [1.165, 1.54) is 0 Å². The van der Waals surface area contributed by atoms with Gasteiger partial charge in [0, 0.05) is 105 Å². The summed E-state index contributed by atoms with van der Waals surface area (Å²) >= 11 is 12.7. The molecule has 3 saturated heterocycles. The van der Waals surface area contributed by atoms with Crippen LogP contribution in [0.3, 0.4) is 0 Å². The van der Waals surface area contributed by atoms with Crippen molar-refractivity contribution in [2.75, 3.05) is 56.0 Å². The Bertz CT molecular complexity index is 2680. The number of nitrogens with one attached hydrogen (secondary N) is 3. The molecule has 0 radical (unpaired) electrons. The summed E-state index contributed by atoms with van der Waals surface area (Å²) < 4.78 is 6.23. The van der Waals surface area contributed by atoms with Crippen molar-refractivity contribution >= 4 is 81.1 Å². The Hall–Kier alpha value is -6.59. The molecule has 2 atom stereocenters. The highest BCUT2D eigenvalue weighted by Gasteiger charge is 2.45. The molecule has 1 unspecified atom stereocenters. The molecule has 19 heteroatoms. The molecule has 0 bridgehead atoms. The molecule has 65 heavy (non-hydrogen) atoms. The number of aromatic amines is 1. The van der Waals surface area contributed by atoms with Crippen molar-refractivity contribution in [3.8, 4) is 17.0 Å². The summed E-state index contributed by atoms with van der Waals surface area (Å²) in [5.41, 5.74) is 3.92. The van der Waals surface area contributed by atoms with Crippen molar-refractivity contribution in [1.29, 1.82) is 0 Å². The molecule has 2 aromatic carbocycles. The Morgan fingerprint density at radius 2 is 1.66 bits per heavy atom. The average Bonchev–Trinajstić information content (AvgIpc) is 3.85. The fraction of sp³-hybridized carbons (Fsp3) is 0.370. The topological polar surface area (TPSA) is 203 Å². The lowest BCUT2D eigenvalue weighted by Crippen LogP contribution is -2.54. The first-order valence-corrected chi connectivity index (χ1v) is 22.5. The minimum atomic E-state index is -1.05. The zero-order chi connectivity index (χ0) is 45.4. The molecule has 6 amide bonds. The summed E-state index contributed by atoms with van der Waals surface area (Å²) in [7, 11) is 0. The first-order valence-electron chi connectivity index (χ1n) is 21.7. The number of likely N-dealkylation sites (tertiary alicyclic amines) is 1. The van der Waals surface area contributed by atoms with Crippen molar-refractivity contribution in [3.63, 3.8) is 0 Å². The molecule has 0 aliphatic carbocycles. The predicted molar refractivity (Wildman–Crippen MR) is 242 cm³/mol. The fourth-order valence-electron chi connectivity index (χ4n) is 9.15. The van der Waals surface area contributed by atoms with Gasteiger partial charge in [-0.15, -0.1) is 0 Å². The summed E-state index contributed by atoms with van der Waals surface area (Å²) in [6, 6.07) is 13.5. The van der Waals surface area contributed by atoms with E-state index in [1.807, 2.05) is 47.1 Å². The normalized spacial score (nSPS) is 18.5. The quantitative estimate of drug-likeness (QED) is 0.103. The van der Waals surface area contributed by atoms with Gasteiger partial charge in [-0.2, -0.15) is 5.10 Å². The molecule has 0 spiro atoms. The summed E-state index contributed by atoms with van der Waals surface area (Å²) in [5.74, 6) is -0.826. The highest BCUT2D eigenvalue weighted by atomic mass is 35.5. The number of ether oxygens (including phenoxy) is 1. The van der Waals surface area contributed by atoms with Gasteiger partial charge in [0.25, 0.3) is 11.8 Å². The molecular weight excluding hydrogens is 875 g/mol. The number of benzene rings is 2. The highest BCUT2D eigenvalue weighted by Crippen LogP contribution is 2.36. The highest BCUT2D eigenvalue weighted by molar-refractivity contribution is 6.35. The predicted octanol–water partition coefficient (Wildman–Crippen LogP) is 5.65. The smallest absolute Gasteiger partial charge is 0.264 e. The molecule has 4 aliphatic rings. The number of nitrogens with zero attached hydrogens (tertiary/aromatic N) is 7. The van der Waals surface area contributed by atoms with Crippen molar-refractivity contribution in [2.24, 2.45) is 5.92 Å². The Morgan fingerprint density at radius 3 is 2.38 bits per heavy atom. The second-order valence-electron chi connectivity index (χ2n) is 16.6. The van der Waals surface area contributed by atoms with Crippen LogP contribution in [0.15, 0.2) is 67.1 Å².